The van der Waals surface area contributed by atoms with Crippen LogP contribution in [0, 0.1) is 6.92 Å². The molecule has 0 bridgehead atoms. The van der Waals surface area contributed by atoms with Gasteiger partial charge in [0.2, 0.25) is 0 Å². The normalized spacial score (nSPS) is 12.1. The first-order valence-electron chi connectivity index (χ1n) is 6.88. The maximum absolute atomic E-state index is 11.6. The summed E-state index contributed by atoms with van der Waals surface area (Å²) < 4.78 is 6.69. The van der Waals surface area contributed by atoms with E-state index in [-0.39, 0.29) is 18.6 Å². The third kappa shape index (κ3) is 5.51. The van der Waals surface area contributed by atoms with Crippen LogP contribution >= 0.6 is 15.9 Å². The summed E-state index contributed by atoms with van der Waals surface area (Å²) in [7, 11) is 0. The Bertz CT molecular complexity index is 461. The first-order valence-corrected chi connectivity index (χ1v) is 7.67. The van der Waals surface area contributed by atoms with Crippen molar-refractivity contribution in [3.05, 3.63) is 27.7 Å². The van der Waals surface area contributed by atoms with Gasteiger partial charge in [-0.05, 0) is 49.9 Å². The highest BCUT2D eigenvalue weighted by Gasteiger charge is 2.12. The molecule has 0 fully saturated rings. The fraction of sp³-hybridized carbons (Fsp3) is 0.533. The number of ether oxygens (including phenoxy) is 1. The van der Waals surface area contributed by atoms with E-state index in [1.165, 1.54) is 0 Å². The number of aryl methyl sites for hydroxylation is 1. The fourth-order valence-corrected chi connectivity index (χ4v) is 2.58. The van der Waals surface area contributed by atoms with Crippen molar-refractivity contribution in [2.24, 2.45) is 5.73 Å². The highest BCUT2D eigenvalue weighted by Crippen LogP contribution is 2.29. The van der Waals surface area contributed by atoms with E-state index in [1.807, 2.05) is 32.9 Å². The van der Waals surface area contributed by atoms with Crippen LogP contribution in [0.2, 0.25) is 0 Å². The molecule has 0 aliphatic heterocycles. The number of benzene rings is 1. The van der Waals surface area contributed by atoms with Gasteiger partial charge in [0.05, 0.1) is 0 Å². The quantitative estimate of drug-likeness (QED) is 0.800. The molecule has 0 aliphatic rings. The topological polar surface area (TPSA) is 64.3 Å². The van der Waals surface area contributed by atoms with E-state index < -0.39 is 0 Å². The van der Waals surface area contributed by atoms with Gasteiger partial charge in [-0.15, -0.1) is 0 Å². The van der Waals surface area contributed by atoms with Crippen molar-refractivity contribution in [2.75, 3.05) is 13.2 Å². The molecule has 1 aromatic rings. The lowest BCUT2D eigenvalue weighted by Crippen LogP contribution is -2.29. The number of carbonyl (C=O) groups excluding carboxylic acids is 1. The zero-order valence-corrected chi connectivity index (χ0v) is 13.9. The summed E-state index contributed by atoms with van der Waals surface area (Å²) in [4.78, 5) is 11.6. The maximum atomic E-state index is 11.6. The van der Waals surface area contributed by atoms with Crippen molar-refractivity contribution >= 4 is 21.8 Å². The number of amides is 1. The SMILES string of the molecule is CCCNC(=O)COc1c(C)cc(Br)cc1CC(C)N. The second-order valence-corrected chi connectivity index (χ2v) is 5.95. The van der Waals surface area contributed by atoms with Gasteiger partial charge in [0.15, 0.2) is 6.61 Å². The Morgan fingerprint density at radius 2 is 2.20 bits per heavy atom. The molecule has 1 unspecified atom stereocenters. The Morgan fingerprint density at radius 3 is 2.80 bits per heavy atom. The smallest absolute Gasteiger partial charge is 0.257 e. The van der Waals surface area contributed by atoms with Gasteiger partial charge < -0.3 is 15.8 Å². The molecule has 0 saturated heterocycles. The standard InChI is InChI=1S/C15H23BrN2O2/c1-4-5-18-14(19)9-20-15-10(2)6-13(16)8-12(15)7-11(3)17/h6,8,11H,4-5,7,9,17H2,1-3H3,(H,18,19). The second-order valence-electron chi connectivity index (χ2n) is 5.03. The van der Waals surface area contributed by atoms with Crippen LogP contribution in [0.25, 0.3) is 0 Å². The Morgan fingerprint density at radius 1 is 1.50 bits per heavy atom. The molecule has 1 aromatic carbocycles. The molecule has 0 heterocycles. The Hall–Kier alpha value is -1.07. The number of hydrogen-bond acceptors (Lipinski definition) is 3. The van der Waals surface area contributed by atoms with Gasteiger partial charge in [-0.1, -0.05) is 22.9 Å². The molecule has 0 saturated carbocycles. The number of hydrogen-bond donors (Lipinski definition) is 2. The van der Waals surface area contributed by atoms with Crippen molar-refractivity contribution in [3.63, 3.8) is 0 Å². The van der Waals surface area contributed by atoms with Gasteiger partial charge in [-0.2, -0.15) is 0 Å². The van der Waals surface area contributed by atoms with Gasteiger partial charge in [-0.25, -0.2) is 0 Å². The second kappa shape index (κ2) is 8.27. The first-order chi connectivity index (χ1) is 9.43. The minimum Gasteiger partial charge on any atom is -0.483 e. The van der Waals surface area contributed by atoms with E-state index in [9.17, 15) is 4.79 Å². The van der Waals surface area contributed by atoms with Gasteiger partial charge in [0.25, 0.3) is 5.91 Å². The lowest BCUT2D eigenvalue weighted by atomic mass is 10.0. The summed E-state index contributed by atoms with van der Waals surface area (Å²) in [6, 6.07) is 4.01. The fourth-order valence-electron chi connectivity index (χ4n) is 1.96. The van der Waals surface area contributed by atoms with E-state index in [4.69, 9.17) is 10.5 Å². The van der Waals surface area contributed by atoms with Crippen LogP contribution in [-0.2, 0) is 11.2 Å². The molecule has 112 valence electrons. The molecule has 3 N–H and O–H groups in total. The number of halogens is 1. The number of nitrogens with two attached hydrogens (primary N) is 1. The molecule has 1 rings (SSSR count). The van der Waals surface area contributed by atoms with Crippen molar-refractivity contribution < 1.29 is 9.53 Å². The first kappa shape index (κ1) is 17.0. The lowest BCUT2D eigenvalue weighted by Gasteiger charge is -2.16. The van der Waals surface area contributed by atoms with Crippen molar-refractivity contribution in [2.45, 2.75) is 39.7 Å². The monoisotopic (exact) mass is 342 g/mol. The number of carbonyl (C=O) groups is 1. The van der Waals surface area contributed by atoms with Crippen LogP contribution in [0.3, 0.4) is 0 Å². The minimum absolute atomic E-state index is 0.0361. The maximum Gasteiger partial charge on any atom is 0.257 e. The molecular formula is C15H23BrN2O2. The van der Waals surface area contributed by atoms with Crippen LogP contribution < -0.4 is 15.8 Å². The van der Waals surface area contributed by atoms with Crippen molar-refractivity contribution in [1.29, 1.82) is 0 Å². The van der Waals surface area contributed by atoms with Crippen LogP contribution in [-0.4, -0.2) is 25.1 Å². The van der Waals surface area contributed by atoms with E-state index in [0.29, 0.717) is 13.0 Å². The zero-order chi connectivity index (χ0) is 15.1. The van der Waals surface area contributed by atoms with E-state index in [2.05, 4.69) is 21.2 Å². The summed E-state index contributed by atoms with van der Waals surface area (Å²) in [6.07, 6.45) is 1.63. The average molecular weight is 343 g/mol. The summed E-state index contributed by atoms with van der Waals surface area (Å²) >= 11 is 3.48. The van der Waals surface area contributed by atoms with E-state index in [1.54, 1.807) is 0 Å². The van der Waals surface area contributed by atoms with Crippen molar-refractivity contribution in [3.8, 4) is 5.75 Å². The summed E-state index contributed by atoms with van der Waals surface area (Å²) in [6.45, 7) is 6.64. The van der Waals surface area contributed by atoms with Crippen LogP contribution in [0.4, 0.5) is 0 Å². The lowest BCUT2D eigenvalue weighted by molar-refractivity contribution is -0.123. The Balaban J connectivity index is 2.79. The summed E-state index contributed by atoms with van der Waals surface area (Å²) in [5, 5.41) is 2.80. The highest BCUT2D eigenvalue weighted by molar-refractivity contribution is 9.10. The molecule has 0 aliphatic carbocycles. The van der Waals surface area contributed by atoms with E-state index in [0.717, 1.165) is 27.8 Å². The van der Waals surface area contributed by atoms with Gasteiger partial charge in [0, 0.05) is 17.1 Å². The Labute approximate surface area is 129 Å². The average Bonchev–Trinajstić information content (AvgIpc) is 2.34. The molecule has 5 heteroatoms. The van der Waals surface area contributed by atoms with Gasteiger partial charge >= 0.3 is 0 Å². The van der Waals surface area contributed by atoms with Gasteiger partial charge in [0.1, 0.15) is 5.75 Å². The summed E-state index contributed by atoms with van der Waals surface area (Å²) in [5.41, 5.74) is 7.89. The van der Waals surface area contributed by atoms with E-state index >= 15 is 0 Å². The van der Waals surface area contributed by atoms with Crippen LogP contribution in [0.15, 0.2) is 16.6 Å². The number of rotatable bonds is 7. The zero-order valence-electron chi connectivity index (χ0n) is 12.3. The van der Waals surface area contributed by atoms with Crippen LogP contribution in [0.1, 0.15) is 31.4 Å². The predicted octanol–water partition coefficient (Wildman–Crippen LogP) is 2.55. The largest absolute Gasteiger partial charge is 0.483 e. The third-order valence-corrected chi connectivity index (χ3v) is 3.24. The molecule has 0 aromatic heterocycles. The molecular weight excluding hydrogens is 320 g/mol. The van der Waals surface area contributed by atoms with Gasteiger partial charge in [-0.3, -0.25) is 4.79 Å². The molecule has 4 nitrogen and oxygen atoms in total. The molecule has 0 radical (unpaired) electrons. The molecule has 1 atom stereocenters. The third-order valence-electron chi connectivity index (χ3n) is 2.78. The molecule has 20 heavy (non-hydrogen) atoms. The van der Waals surface area contributed by atoms with Crippen molar-refractivity contribution in [1.82, 2.24) is 5.32 Å². The minimum atomic E-state index is -0.0964. The highest BCUT2D eigenvalue weighted by atomic mass is 79.9. The number of nitrogens with one attached hydrogen (secondary N) is 1. The van der Waals surface area contributed by atoms with Crippen LogP contribution in [0.5, 0.6) is 5.75 Å². The molecule has 0 spiro atoms. The Kier molecular flexibility index (Phi) is 7.02. The molecule has 1 amide bonds. The summed E-state index contributed by atoms with van der Waals surface area (Å²) in [5.74, 6) is 0.665. The predicted molar refractivity (Wildman–Crippen MR) is 85.0 cm³/mol.